The van der Waals surface area contributed by atoms with Crippen LogP contribution in [0.5, 0.6) is 5.75 Å². The molecule has 10 heteroatoms. The summed E-state index contributed by atoms with van der Waals surface area (Å²) in [5.41, 5.74) is 7.59. The van der Waals surface area contributed by atoms with Gasteiger partial charge in [0.05, 0.1) is 23.9 Å². The summed E-state index contributed by atoms with van der Waals surface area (Å²) in [6.07, 6.45) is 1.56. The number of nitrogens with two attached hydrogens (primary N) is 1. The van der Waals surface area contributed by atoms with Crippen molar-refractivity contribution < 1.29 is 24.2 Å². The van der Waals surface area contributed by atoms with Crippen molar-refractivity contribution in [3.63, 3.8) is 0 Å². The number of ether oxygens (including phenoxy) is 1. The standard InChI is InChI=1S/C31H35N5O5/c1-2-25(30(39)40)35-20-27(37)36(28(21-11-5-3-6-12-21)22-13-7-4-8-14-22)26-16-15-23(19-24(26)29(35)38)41-18-10-9-17-34-31(32)33/h3-8,11-16,19,25,28H,2,9-10,17-18,20H2,1H3,(H,39,40)(H4,32,33,34). The van der Waals surface area contributed by atoms with E-state index in [9.17, 15) is 19.5 Å². The average Bonchev–Trinajstić information content (AvgIpc) is 3.07. The predicted octanol–water partition coefficient (Wildman–Crippen LogP) is 3.77. The zero-order chi connectivity index (χ0) is 29.4. The average molecular weight is 558 g/mol. The number of nitrogens with zero attached hydrogens (tertiary/aromatic N) is 2. The van der Waals surface area contributed by atoms with Crippen LogP contribution in [0.25, 0.3) is 0 Å². The quantitative estimate of drug-likeness (QED) is 0.150. The molecule has 0 saturated heterocycles. The van der Waals surface area contributed by atoms with Crippen molar-refractivity contribution in [2.24, 2.45) is 5.73 Å². The van der Waals surface area contributed by atoms with Crippen LogP contribution in [-0.2, 0) is 9.59 Å². The fourth-order valence-corrected chi connectivity index (χ4v) is 5.03. The molecule has 0 aliphatic carbocycles. The van der Waals surface area contributed by atoms with Crippen LogP contribution in [0.4, 0.5) is 5.69 Å². The van der Waals surface area contributed by atoms with Crippen molar-refractivity contribution in [3.05, 3.63) is 95.6 Å². The van der Waals surface area contributed by atoms with E-state index in [0.29, 0.717) is 31.0 Å². The van der Waals surface area contributed by atoms with Gasteiger partial charge in [-0.2, -0.15) is 0 Å². The number of unbranched alkanes of at least 4 members (excludes halogenated alkanes) is 1. The van der Waals surface area contributed by atoms with Crippen LogP contribution in [0.3, 0.4) is 0 Å². The van der Waals surface area contributed by atoms with E-state index in [1.165, 1.54) is 0 Å². The Balaban J connectivity index is 1.76. The number of carboxylic acids is 1. The molecule has 1 aliphatic rings. The highest BCUT2D eigenvalue weighted by Gasteiger charge is 2.40. The molecule has 0 fully saturated rings. The lowest BCUT2D eigenvalue weighted by Crippen LogP contribution is -2.48. The number of benzene rings is 3. The summed E-state index contributed by atoms with van der Waals surface area (Å²) in [4.78, 5) is 42.9. The smallest absolute Gasteiger partial charge is 0.326 e. The minimum absolute atomic E-state index is 0.0881. The molecule has 1 unspecified atom stereocenters. The van der Waals surface area contributed by atoms with Crippen molar-refractivity contribution in [2.45, 2.75) is 38.3 Å². The Bertz CT molecular complexity index is 1340. The molecule has 41 heavy (non-hydrogen) atoms. The Morgan fingerprint density at radius 3 is 2.22 bits per heavy atom. The summed E-state index contributed by atoms with van der Waals surface area (Å²) in [6.45, 7) is 2.20. The maximum absolute atomic E-state index is 14.0. The number of fused-ring (bicyclic) bond motifs is 1. The number of hydrogen-bond donors (Lipinski definition) is 4. The van der Waals surface area contributed by atoms with Crippen molar-refractivity contribution in [1.82, 2.24) is 10.2 Å². The fourth-order valence-electron chi connectivity index (χ4n) is 5.03. The first-order valence-electron chi connectivity index (χ1n) is 13.6. The summed E-state index contributed by atoms with van der Waals surface area (Å²) in [7, 11) is 0. The molecule has 3 aromatic rings. The summed E-state index contributed by atoms with van der Waals surface area (Å²) in [5, 5.41) is 19.9. The predicted molar refractivity (Wildman–Crippen MR) is 156 cm³/mol. The number of rotatable bonds is 12. The van der Waals surface area contributed by atoms with Gasteiger partial charge in [0, 0.05) is 6.54 Å². The Kier molecular flexibility index (Phi) is 9.57. The van der Waals surface area contributed by atoms with E-state index in [1.807, 2.05) is 60.7 Å². The van der Waals surface area contributed by atoms with E-state index in [-0.39, 0.29) is 30.4 Å². The number of amides is 2. The second kappa shape index (κ2) is 13.5. The van der Waals surface area contributed by atoms with E-state index >= 15 is 0 Å². The maximum atomic E-state index is 14.0. The summed E-state index contributed by atoms with van der Waals surface area (Å²) >= 11 is 0. The molecular formula is C31H35N5O5. The van der Waals surface area contributed by atoms with Crippen LogP contribution in [0, 0.1) is 5.41 Å². The lowest BCUT2D eigenvalue weighted by molar-refractivity contribution is -0.142. The SMILES string of the molecule is CCC(C(=O)O)N1CC(=O)N(C(c2ccccc2)c2ccccc2)c2ccc(OCCCCNC(=N)N)cc2C1=O. The molecule has 0 bridgehead atoms. The number of anilines is 1. The van der Waals surface area contributed by atoms with E-state index in [1.54, 1.807) is 30.0 Å². The Morgan fingerprint density at radius 2 is 1.66 bits per heavy atom. The van der Waals surface area contributed by atoms with Crippen molar-refractivity contribution in [3.8, 4) is 5.75 Å². The number of nitrogens with one attached hydrogen (secondary N) is 2. The first-order chi connectivity index (χ1) is 19.8. The first-order valence-corrected chi connectivity index (χ1v) is 13.6. The molecule has 214 valence electrons. The van der Waals surface area contributed by atoms with Crippen molar-refractivity contribution in [1.29, 1.82) is 5.41 Å². The van der Waals surface area contributed by atoms with Gasteiger partial charge in [-0.25, -0.2) is 4.79 Å². The second-order valence-corrected chi connectivity index (χ2v) is 9.76. The largest absolute Gasteiger partial charge is 0.494 e. The molecule has 1 atom stereocenters. The van der Waals surface area contributed by atoms with Crippen LogP contribution in [0.1, 0.15) is 53.7 Å². The molecule has 4 rings (SSSR count). The number of carboxylic acid groups (broad SMARTS) is 1. The van der Waals surface area contributed by atoms with E-state index in [4.69, 9.17) is 15.9 Å². The van der Waals surface area contributed by atoms with E-state index in [0.717, 1.165) is 22.4 Å². The normalized spacial score (nSPS) is 13.9. The molecule has 5 N–H and O–H groups in total. The van der Waals surface area contributed by atoms with E-state index in [2.05, 4.69) is 5.32 Å². The van der Waals surface area contributed by atoms with Gasteiger partial charge in [-0.15, -0.1) is 0 Å². The van der Waals surface area contributed by atoms with Gasteiger partial charge < -0.3 is 25.8 Å². The van der Waals surface area contributed by atoms with Crippen molar-refractivity contribution >= 4 is 29.4 Å². The molecule has 1 heterocycles. The van der Waals surface area contributed by atoms with Gasteiger partial charge in [0.15, 0.2) is 5.96 Å². The minimum Gasteiger partial charge on any atom is -0.494 e. The number of guanidine groups is 1. The van der Waals surface area contributed by atoms with Crippen LogP contribution in [-0.4, -0.2) is 59.5 Å². The van der Waals surface area contributed by atoms with Crippen LogP contribution in [0.2, 0.25) is 0 Å². The zero-order valence-electron chi connectivity index (χ0n) is 23.0. The van der Waals surface area contributed by atoms with Gasteiger partial charge in [-0.1, -0.05) is 67.6 Å². The van der Waals surface area contributed by atoms with Gasteiger partial charge in [-0.3, -0.25) is 19.9 Å². The molecule has 10 nitrogen and oxygen atoms in total. The number of aliphatic carboxylic acids is 1. The van der Waals surface area contributed by atoms with E-state index < -0.39 is 24.0 Å². The second-order valence-electron chi connectivity index (χ2n) is 9.76. The molecule has 2 amide bonds. The Hall–Kier alpha value is -4.86. The van der Waals surface area contributed by atoms with Crippen LogP contribution in [0.15, 0.2) is 78.9 Å². The topological polar surface area (TPSA) is 149 Å². The third-order valence-corrected chi connectivity index (χ3v) is 6.99. The fraction of sp³-hybridized carbons (Fsp3) is 0.290. The van der Waals surface area contributed by atoms with Crippen LogP contribution >= 0.6 is 0 Å². The molecular weight excluding hydrogens is 522 g/mol. The van der Waals surface area contributed by atoms with Gasteiger partial charge in [0.1, 0.15) is 18.3 Å². The van der Waals surface area contributed by atoms with Gasteiger partial charge in [-0.05, 0) is 48.6 Å². The maximum Gasteiger partial charge on any atom is 0.326 e. The number of carbonyl (C=O) groups is 3. The Morgan fingerprint density at radius 1 is 1.02 bits per heavy atom. The number of hydrogen-bond acceptors (Lipinski definition) is 5. The highest BCUT2D eigenvalue weighted by Crippen LogP contribution is 2.39. The molecule has 0 aromatic heterocycles. The third kappa shape index (κ3) is 6.84. The van der Waals surface area contributed by atoms with Gasteiger partial charge >= 0.3 is 5.97 Å². The number of carbonyl (C=O) groups excluding carboxylic acids is 2. The minimum atomic E-state index is -1.17. The highest BCUT2D eigenvalue weighted by molar-refractivity contribution is 6.11. The summed E-state index contributed by atoms with van der Waals surface area (Å²) in [5.74, 6) is -1.75. The monoisotopic (exact) mass is 557 g/mol. The summed E-state index contributed by atoms with van der Waals surface area (Å²) < 4.78 is 5.93. The molecule has 3 aromatic carbocycles. The zero-order valence-corrected chi connectivity index (χ0v) is 23.0. The van der Waals surface area contributed by atoms with Gasteiger partial charge in [0.2, 0.25) is 5.91 Å². The third-order valence-electron chi connectivity index (χ3n) is 6.99. The molecule has 0 spiro atoms. The molecule has 0 radical (unpaired) electrons. The Labute approximate surface area is 239 Å². The molecule has 0 saturated carbocycles. The first kappa shape index (κ1) is 29.1. The lowest BCUT2D eigenvalue weighted by atomic mass is 9.95. The van der Waals surface area contributed by atoms with Crippen molar-refractivity contribution in [2.75, 3.05) is 24.6 Å². The highest BCUT2D eigenvalue weighted by atomic mass is 16.5. The molecule has 1 aliphatic heterocycles. The lowest BCUT2D eigenvalue weighted by Gasteiger charge is -2.33. The van der Waals surface area contributed by atoms with Gasteiger partial charge in [0.25, 0.3) is 5.91 Å². The van der Waals surface area contributed by atoms with Crippen LogP contribution < -0.4 is 20.7 Å². The summed E-state index contributed by atoms with van der Waals surface area (Å²) in [6, 6.07) is 22.4.